The van der Waals surface area contributed by atoms with Crippen molar-refractivity contribution in [1.82, 2.24) is 0 Å². The van der Waals surface area contributed by atoms with E-state index in [9.17, 15) is 10.2 Å². The van der Waals surface area contributed by atoms with Crippen LogP contribution in [-0.2, 0) is 12.8 Å². The average molecular weight is 481 g/mol. The van der Waals surface area contributed by atoms with E-state index in [2.05, 4.69) is 62.4 Å². The normalized spacial score (nSPS) is 10.5. The van der Waals surface area contributed by atoms with Crippen molar-refractivity contribution >= 4 is 0 Å². The summed E-state index contributed by atoms with van der Waals surface area (Å²) in [6.07, 6.45) is 10.0. The largest absolute Gasteiger partial charge is 0.508 e. The first kappa shape index (κ1) is 27.1. The lowest BCUT2D eigenvalue weighted by Crippen LogP contribution is -1.85. The topological polar surface area (TPSA) is 40.5 Å². The Bertz CT molecular complexity index is 1030. The fourth-order valence-corrected chi connectivity index (χ4v) is 4.19. The molecule has 0 aliphatic carbocycles. The van der Waals surface area contributed by atoms with Gasteiger partial charge in [0.05, 0.1) is 0 Å². The van der Waals surface area contributed by atoms with E-state index in [0.29, 0.717) is 11.5 Å². The number of rotatable bonds is 10. The van der Waals surface area contributed by atoms with E-state index in [4.69, 9.17) is 0 Å². The molecular weight excluding hydrogens is 440 g/mol. The van der Waals surface area contributed by atoms with Crippen LogP contribution in [0.1, 0.15) is 63.5 Å². The summed E-state index contributed by atoms with van der Waals surface area (Å²) in [5, 5.41) is 18.5. The predicted molar refractivity (Wildman–Crippen MR) is 154 cm³/mol. The van der Waals surface area contributed by atoms with Gasteiger partial charge in [0, 0.05) is 0 Å². The number of hydrogen-bond donors (Lipinski definition) is 2. The van der Waals surface area contributed by atoms with Crippen LogP contribution in [0.5, 0.6) is 11.5 Å². The molecule has 36 heavy (non-hydrogen) atoms. The zero-order chi connectivity index (χ0) is 25.6. The molecule has 0 heterocycles. The van der Waals surface area contributed by atoms with Crippen molar-refractivity contribution in [3.05, 3.63) is 108 Å². The maximum absolute atomic E-state index is 9.27. The Labute approximate surface area is 217 Å². The van der Waals surface area contributed by atoms with Gasteiger partial charge in [-0.25, -0.2) is 0 Å². The highest BCUT2D eigenvalue weighted by atomic mass is 16.3. The second-order valence-electron chi connectivity index (χ2n) is 9.40. The monoisotopic (exact) mass is 480 g/mol. The van der Waals surface area contributed by atoms with E-state index in [1.165, 1.54) is 73.6 Å². The standard InChI is InChI=1S/2C17H20O/c2*1-2-3-4-5-14-6-8-15(9-7-14)16-10-12-17(18)13-11-16/h2*6-13,18H,2-5H2,1H3. The first-order chi connectivity index (χ1) is 17.6. The lowest BCUT2D eigenvalue weighted by molar-refractivity contribution is 0.475. The molecule has 0 amide bonds. The molecule has 0 spiro atoms. The zero-order valence-corrected chi connectivity index (χ0v) is 21.8. The molecule has 2 N–H and O–H groups in total. The van der Waals surface area contributed by atoms with E-state index in [0.717, 1.165) is 11.1 Å². The molecule has 0 unspecified atom stereocenters. The van der Waals surface area contributed by atoms with Crippen LogP contribution in [0.4, 0.5) is 0 Å². The average Bonchev–Trinajstić information content (AvgIpc) is 2.91. The van der Waals surface area contributed by atoms with Gasteiger partial charge in [0.2, 0.25) is 0 Å². The smallest absolute Gasteiger partial charge is 0.115 e. The van der Waals surface area contributed by atoms with Crippen LogP contribution in [0.2, 0.25) is 0 Å². The number of phenols is 2. The molecule has 2 heteroatoms. The molecule has 0 radical (unpaired) electrons. The van der Waals surface area contributed by atoms with E-state index >= 15 is 0 Å². The molecule has 4 aromatic rings. The first-order valence-corrected chi connectivity index (χ1v) is 13.4. The highest BCUT2D eigenvalue weighted by Crippen LogP contribution is 2.24. The van der Waals surface area contributed by atoms with Gasteiger partial charge in [0.15, 0.2) is 0 Å². The number of hydrogen-bond acceptors (Lipinski definition) is 2. The van der Waals surface area contributed by atoms with Gasteiger partial charge in [-0.1, -0.05) is 112 Å². The van der Waals surface area contributed by atoms with Crippen LogP contribution >= 0.6 is 0 Å². The summed E-state index contributed by atoms with van der Waals surface area (Å²) in [7, 11) is 0. The Balaban J connectivity index is 0.000000201. The van der Waals surface area contributed by atoms with Crippen molar-refractivity contribution in [2.45, 2.75) is 65.2 Å². The minimum Gasteiger partial charge on any atom is -0.508 e. The minimum atomic E-state index is 0.315. The van der Waals surface area contributed by atoms with Crippen molar-refractivity contribution in [3.63, 3.8) is 0 Å². The minimum absolute atomic E-state index is 0.315. The molecule has 0 aliphatic rings. The molecule has 0 saturated carbocycles. The summed E-state index contributed by atoms with van der Waals surface area (Å²) in [5.74, 6) is 0.630. The van der Waals surface area contributed by atoms with Crippen LogP contribution in [0.3, 0.4) is 0 Å². The van der Waals surface area contributed by atoms with Crippen LogP contribution in [-0.4, -0.2) is 10.2 Å². The fraction of sp³-hybridized carbons (Fsp3) is 0.294. The molecule has 0 aliphatic heterocycles. The molecule has 4 rings (SSSR count). The maximum atomic E-state index is 9.27. The summed E-state index contributed by atoms with van der Waals surface area (Å²) in [6.45, 7) is 4.46. The van der Waals surface area contributed by atoms with Crippen molar-refractivity contribution in [1.29, 1.82) is 0 Å². The van der Waals surface area contributed by atoms with Crippen molar-refractivity contribution in [3.8, 4) is 33.8 Å². The van der Waals surface area contributed by atoms with E-state index < -0.39 is 0 Å². The number of aryl methyl sites for hydroxylation is 2. The molecule has 2 nitrogen and oxygen atoms in total. The lowest BCUT2D eigenvalue weighted by atomic mass is 10.0. The molecule has 0 fully saturated rings. The van der Waals surface area contributed by atoms with Gasteiger partial charge in [0.25, 0.3) is 0 Å². The molecule has 188 valence electrons. The quantitative estimate of drug-likeness (QED) is 0.222. The Hall–Kier alpha value is -3.52. The summed E-state index contributed by atoms with van der Waals surface area (Å²) in [6, 6.07) is 32.2. The third-order valence-corrected chi connectivity index (χ3v) is 6.45. The second-order valence-corrected chi connectivity index (χ2v) is 9.40. The summed E-state index contributed by atoms with van der Waals surface area (Å²) < 4.78 is 0. The Morgan fingerprint density at radius 3 is 0.944 bits per heavy atom. The van der Waals surface area contributed by atoms with Crippen molar-refractivity contribution in [2.75, 3.05) is 0 Å². The Morgan fingerprint density at radius 2 is 0.667 bits per heavy atom. The Morgan fingerprint density at radius 1 is 0.389 bits per heavy atom. The van der Waals surface area contributed by atoms with Gasteiger partial charge in [0.1, 0.15) is 11.5 Å². The maximum Gasteiger partial charge on any atom is 0.115 e. The summed E-state index contributed by atoms with van der Waals surface area (Å²) >= 11 is 0. The lowest BCUT2D eigenvalue weighted by Gasteiger charge is -2.04. The van der Waals surface area contributed by atoms with Gasteiger partial charge < -0.3 is 10.2 Å². The van der Waals surface area contributed by atoms with E-state index in [1.807, 2.05) is 24.3 Å². The van der Waals surface area contributed by atoms with Gasteiger partial charge in [-0.3, -0.25) is 0 Å². The van der Waals surface area contributed by atoms with E-state index in [1.54, 1.807) is 24.3 Å². The third kappa shape index (κ3) is 8.92. The summed E-state index contributed by atoms with van der Waals surface area (Å²) in [5.41, 5.74) is 7.52. The molecule has 0 saturated heterocycles. The molecule has 4 aromatic carbocycles. The van der Waals surface area contributed by atoms with Crippen molar-refractivity contribution in [2.24, 2.45) is 0 Å². The number of aromatic hydroxyl groups is 2. The van der Waals surface area contributed by atoms with Crippen LogP contribution in [0.25, 0.3) is 22.3 Å². The van der Waals surface area contributed by atoms with Crippen LogP contribution < -0.4 is 0 Å². The predicted octanol–water partition coefficient (Wildman–Crippen LogP) is 9.58. The van der Waals surface area contributed by atoms with Crippen molar-refractivity contribution < 1.29 is 10.2 Å². The fourth-order valence-electron chi connectivity index (χ4n) is 4.19. The molecule has 0 atom stereocenters. The van der Waals surface area contributed by atoms with Gasteiger partial charge in [-0.15, -0.1) is 0 Å². The first-order valence-electron chi connectivity index (χ1n) is 13.4. The zero-order valence-electron chi connectivity index (χ0n) is 21.8. The number of unbranched alkanes of at least 4 members (excludes halogenated alkanes) is 4. The highest BCUT2D eigenvalue weighted by Gasteiger charge is 2.00. The van der Waals surface area contributed by atoms with Crippen LogP contribution in [0, 0.1) is 0 Å². The Kier molecular flexibility index (Phi) is 11.1. The number of benzene rings is 4. The second kappa shape index (κ2) is 14.8. The molecule has 0 aromatic heterocycles. The highest BCUT2D eigenvalue weighted by molar-refractivity contribution is 5.65. The van der Waals surface area contributed by atoms with Crippen LogP contribution in [0.15, 0.2) is 97.1 Å². The van der Waals surface area contributed by atoms with Gasteiger partial charge in [-0.2, -0.15) is 0 Å². The molecule has 0 bridgehead atoms. The third-order valence-electron chi connectivity index (χ3n) is 6.45. The number of phenolic OH excluding ortho intramolecular Hbond substituents is 2. The molecular formula is C34H40O2. The van der Waals surface area contributed by atoms with E-state index in [-0.39, 0.29) is 0 Å². The summed E-state index contributed by atoms with van der Waals surface area (Å²) in [4.78, 5) is 0. The van der Waals surface area contributed by atoms with Gasteiger partial charge >= 0.3 is 0 Å². The van der Waals surface area contributed by atoms with Gasteiger partial charge in [-0.05, 0) is 83.3 Å². The SMILES string of the molecule is CCCCCc1ccc(-c2ccc(O)cc2)cc1.CCCCCc1ccc(-c2ccc(O)cc2)cc1.